The number of nitrogens with zero attached hydrogens (tertiary/aromatic N) is 2. The highest BCUT2D eigenvalue weighted by Crippen LogP contribution is 2.32. The Kier molecular flexibility index (Phi) is 3.73. The molecule has 0 atom stereocenters. The Morgan fingerprint density at radius 1 is 1.06 bits per heavy atom. The summed E-state index contributed by atoms with van der Waals surface area (Å²) in [5.74, 6) is -6.02. The largest absolute Gasteiger partial charge is 0.364 e. The molecule has 0 aromatic carbocycles. The quantitative estimate of drug-likeness (QED) is 0.613. The van der Waals surface area contributed by atoms with Crippen LogP contribution >= 0.6 is 0 Å². The maximum Gasteiger partial charge on any atom is 0.253 e. The van der Waals surface area contributed by atoms with Gasteiger partial charge in [-0.05, 0) is 19.8 Å². The highest BCUT2D eigenvalue weighted by Gasteiger charge is 2.30. The minimum Gasteiger partial charge on any atom is -0.364 e. The maximum atomic E-state index is 13.6. The van der Waals surface area contributed by atoms with Gasteiger partial charge in [0.2, 0.25) is 11.6 Å². The molecule has 0 unspecified atom stereocenters. The van der Waals surface area contributed by atoms with Crippen molar-refractivity contribution in [3.05, 3.63) is 23.5 Å². The lowest BCUT2D eigenvalue weighted by Crippen LogP contribution is -2.35. The molecule has 1 saturated carbocycles. The zero-order chi connectivity index (χ0) is 13.3. The van der Waals surface area contributed by atoms with Gasteiger partial charge < -0.3 is 4.90 Å². The third-order valence-corrected chi connectivity index (χ3v) is 3.37. The number of hydrogen-bond acceptors (Lipinski definition) is 2. The second kappa shape index (κ2) is 5.12. The van der Waals surface area contributed by atoms with Crippen molar-refractivity contribution in [1.29, 1.82) is 0 Å². The van der Waals surface area contributed by atoms with Gasteiger partial charge >= 0.3 is 0 Å². The molecule has 0 N–H and O–H groups in total. The van der Waals surface area contributed by atoms with Crippen LogP contribution in [0.5, 0.6) is 0 Å². The van der Waals surface area contributed by atoms with Gasteiger partial charge in [-0.1, -0.05) is 12.8 Å². The van der Waals surface area contributed by atoms with Crippen molar-refractivity contribution in [1.82, 2.24) is 4.98 Å². The van der Waals surface area contributed by atoms with Gasteiger partial charge in [0.05, 0.1) is 0 Å². The second-order valence-corrected chi connectivity index (χ2v) is 4.39. The first-order valence-corrected chi connectivity index (χ1v) is 6.02. The first kappa shape index (κ1) is 13.1. The van der Waals surface area contributed by atoms with Crippen LogP contribution in [-0.2, 0) is 0 Å². The smallest absolute Gasteiger partial charge is 0.253 e. The molecular formula is C12H14F4N2. The van der Waals surface area contributed by atoms with Crippen molar-refractivity contribution in [2.75, 3.05) is 11.4 Å². The molecule has 1 aromatic rings. The molecule has 1 fully saturated rings. The standard InChI is InChI=1S/C12H14F4N2/c1-2-18(7-5-3-4-6-7)10-8(13)11(15)17-12(16)9(10)14/h7H,2-6H2,1H3. The molecule has 2 nitrogen and oxygen atoms in total. The third-order valence-electron chi connectivity index (χ3n) is 3.37. The number of rotatable bonds is 3. The summed E-state index contributed by atoms with van der Waals surface area (Å²) in [4.78, 5) is 3.96. The summed E-state index contributed by atoms with van der Waals surface area (Å²) in [5.41, 5.74) is -0.630. The van der Waals surface area contributed by atoms with E-state index in [1.807, 2.05) is 0 Å². The molecule has 1 aliphatic rings. The fourth-order valence-corrected chi connectivity index (χ4v) is 2.54. The number of aromatic nitrogens is 1. The zero-order valence-corrected chi connectivity index (χ0v) is 10.0. The minimum atomic E-state index is -1.60. The normalized spacial score (nSPS) is 16.3. The van der Waals surface area contributed by atoms with Crippen molar-refractivity contribution in [3.63, 3.8) is 0 Å². The summed E-state index contributed by atoms with van der Waals surface area (Å²) in [6.07, 6.45) is 3.47. The molecule has 2 rings (SSSR count). The zero-order valence-electron chi connectivity index (χ0n) is 10.0. The van der Waals surface area contributed by atoms with Gasteiger partial charge in [-0.2, -0.15) is 22.5 Å². The summed E-state index contributed by atoms with van der Waals surface area (Å²) >= 11 is 0. The summed E-state index contributed by atoms with van der Waals surface area (Å²) in [5, 5.41) is 0. The molecule has 1 aromatic heterocycles. The van der Waals surface area contributed by atoms with E-state index in [9.17, 15) is 17.6 Å². The van der Waals surface area contributed by atoms with Crippen molar-refractivity contribution in [3.8, 4) is 0 Å². The highest BCUT2D eigenvalue weighted by atomic mass is 19.2. The molecule has 0 aliphatic heterocycles. The summed E-state index contributed by atoms with van der Waals surface area (Å²) in [6, 6.07) is -0.0693. The molecule has 100 valence electrons. The highest BCUT2D eigenvalue weighted by molar-refractivity contribution is 5.49. The van der Waals surface area contributed by atoms with E-state index in [4.69, 9.17) is 0 Å². The predicted molar refractivity (Wildman–Crippen MR) is 59.3 cm³/mol. The molecule has 0 saturated heterocycles. The van der Waals surface area contributed by atoms with Crippen LogP contribution in [0.3, 0.4) is 0 Å². The van der Waals surface area contributed by atoms with Crippen LogP contribution in [0, 0.1) is 23.5 Å². The Morgan fingerprint density at radius 3 is 2.00 bits per heavy atom. The number of pyridine rings is 1. The van der Waals surface area contributed by atoms with Gasteiger partial charge in [0, 0.05) is 12.6 Å². The Balaban J connectivity index is 2.47. The van der Waals surface area contributed by atoms with Crippen LogP contribution in [0.4, 0.5) is 23.2 Å². The van der Waals surface area contributed by atoms with Crippen molar-refractivity contribution < 1.29 is 17.6 Å². The Bertz CT molecular complexity index is 418. The van der Waals surface area contributed by atoms with E-state index in [1.165, 1.54) is 4.90 Å². The molecule has 6 heteroatoms. The van der Waals surface area contributed by atoms with E-state index >= 15 is 0 Å². The third kappa shape index (κ3) is 2.15. The average Bonchev–Trinajstić information content (AvgIpc) is 2.85. The van der Waals surface area contributed by atoms with Gasteiger partial charge in [0.1, 0.15) is 5.69 Å². The van der Waals surface area contributed by atoms with Crippen LogP contribution in [0.25, 0.3) is 0 Å². The van der Waals surface area contributed by atoms with Crippen molar-refractivity contribution in [2.24, 2.45) is 0 Å². The molecular weight excluding hydrogens is 248 g/mol. The summed E-state index contributed by atoms with van der Waals surface area (Å²) in [7, 11) is 0. The number of halogens is 4. The second-order valence-electron chi connectivity index (χ2n) is 4.39. The molecule has 0 bridgehead atoms. The lowest BCUT2D eigenvalue weighted by molar-refractivity contribution is 0.402. The van der Waals surface area contributed by atoms with E-state index < -0.39 is 29.2 Å². The van der Waals surface area contributed by atoms with Gasteiger partial charge in [-0.15, -0.1) is 0 Å². The van der Waals surface area contributed by atoms with E-state index in [2.05, 4.69) is 4.98 Å². The summed E-state index contributed by atoms with van der Waals surface area (Å²) < 4.78 is 53.5. The van der Waals surface area contributed by atoms with Gasteiger partial charge in [-0.25, -0.2) is 0 Å². The van der Waals surface area contributed by atoms with Crippen molar-refractivity contribution in [2.45, 2.75) is 38.6 Å². The SMILES string of the molecule is CCN(c1c(F)c(F)nc(F)c1F)C1CCCC1. The predicted octanol–water partition coefficient (Wildman–Crippen LogP) is 3.41. The van der Waals surface area contributed by atoms with Crippen LogP contribution in [-0.4, -0.2) is 17.6 Å². The number of hydrogen-bond donors (Lipinski definition) is 0. The van der Waals surface area contributed by atoms with Crippen LogP contribution < -0.4 is 4.90 Å². The molecule has 18 heavy (non-hydrogen) atoms. The monoisotopic (exact) mass is 262 g/mol. The van der Waals surface area contributed by atoms with E-state index in [-0.39, 0.29) is 6.04 Å². The van der Waals surface area contributed by atoms with Gasteiger partial charge in [0.15, 0.2) is 0 Å². The topological polar surface area (TPSA) is 16.1 Å². The molecule has 0 amide bonds. The number of anilines is 1. The van der Waals surface area contributed by atoms with Crippen molar-refractivity contribution >= 4 is 5.69 Å². The average molecular weight is 262 g/mol. The van der Waals surface area contributed by atoms with Gasteiger partial charge in [-0.3, -0.25) is 0 Å². The Morgan fingerprint density at radius 2 is 1.56 bits per heavy atom. The van der Waals surface area contributed by atoms with Crippen LogP contribution in [0.15, 0.2) is 0 Å². The lowest BCUT2D eigenvalue weighted by Gasteiger charge is -2.30. The van der Waals surface area contributed by atoms with Crippen LogP contribution in [0.1, 0.15) is 32.6 Å². The van der Waals surface area contributed by atoms with Crippen LogP contribution in [0.2, 0.25) is 0 Å². The molecule has 0 radical (unpaired) electrons. The Labute approximate surface area is 103 Å². The first-order valence-electron chi connectivity index (χ1n) is 6.02. The maximum absolute atomic E-state index is 13.6. The van der Waals surface area contributed by atoms with E-state index in [0.29, 0.717) is 6.54 Å². The molecule has 0 spiro atoms. The lowest BCUT2D eigenvalue weighted by atomic mass is 10.2. The first-order chi connectivity index (χ1) is 8.56. The van der Waals surface area contributed by atoms with E-state index in [0.717, 1.165) is 25.7 Å². The van der Waals surface area contributed by atoms with Gasteiger partial charge in [0.25, 0.3) is 11.9 Å². The Hall–Kier alpha value is -1.33. The van der Waals surface area contributed by atoms with E-state index in [1.54, 1.807) is 6.92 Å². The fourth-order valence-electron chi connectivity index (χ4n) is 2.54. The molecule has 1 aliphatic carbocycles. The summed E-state index contributed by atoms with van der Waals surface area (Å²) in [6.45, 7) is 1.99. The fraction of sp³-hybridized carbons (Fsp3) is 0.583. The minimum absolute atomic E-state index is 0.0693. The molecule has 1 heterocycles.